The summed E-state index contributed by atoms with van der Waals surface area (Å²) in [7, 11) is 2.02. The van der Waals surface area contributed by atoms with E-state index in [2.05, 4.69) is 24.1 Å². The van der Waals surface area contributed by atoms with Gasteiger partial charge in [0.2, 0.25) is 0 Å². The van der Waals surface area contributed by atoms with E-state index in [4.69, 9.17) is 5.11 Å². The number of hydrogen-bond donors (Lipinski definition) is 2. The first kappa shape index (κ1) is 13.5. The number of carboxylic acids is 1. The molecule has 1 fully saturated rings. The monoisotopic (exact) mass is 228 g/mol. The molecule has 0 aromatic carbocycles. The van der Waals surface area contributed by atoms with Crippen LogP contribution in [0.25, 0.3) is 0 Å². The number of likely N-dealkylation sites (N-methyl/N-ethyl adjacent to an activating group) is 1. The second-order valence-electron chi connectivity index (χ2n) is 4.74. The lowest BCUT2D eigenvalue weighted by molar-refractivity contribution is -0.140. The Morgan fingerprint density at radius 1 is 1.44 bits per heavy atom. The van der Waals surface area contributed by atoms with E-state index in [0.717, 1.165) is 25.7 Å². The minimum Gasteiger partial charge on any atom is -0.480 e. The van der Waals surface area contributed by atoms with Gasteiger partial charge in [0.05, 0.1) is 0 Å². The highest BCUT2D eigenvalue weighted by Gasteiger charge is 2.29. The lowest BCUT2D eigenvalue weighted by Gasteiger charge is -2.29. The van der Waals surface area contributed by atoms with Gasteiger partial charge in [-0.15, -0.1) is 0 Å². The summed E-state index contributed by atoms with van der Waals surface area (Å²) < 4.78 is 0. The molecule has 1 saturated carbocycles. The highest BCUT2D eigenvalue weighted by molar-refractivity contribution is 5.73. The zero-order valence-electron chi connectivity index (χ0n) is 10.6. The first-order valence-electron chi connectivity index (χ1n) is 6.27. The zero-order chi connectivity index (χ0) is 12.1. The lowest BCUT2D eigenvalue weighted by Crippen LogP contribution is -2.48. The summed E-state index contributed by atoms with van der Waals surface area (Å²) in [6.07, 6.45) is 4.39. The second-order valence-corrected chi connectivity index (χ2v) is 4.74. The maximum Gasteiger partial charge on any atom is 0.322 e. The zero-order valence-corrected chi connectivity index (χ0v) is 10.6. The standard InChI is InChI=1S/C12H24N2O2/c1-4-10(5-2)14(3)8-11(12(15)16)13-9-6-7-9/h9-11,13H,4-8H2,1-3H3,(H,15,16). The third kappa shape index (κ3) is 4.10. The molecule has 1 rings (SSSR count). The van der Waals surface area contributed by atoms with Gasteiger partial charge in [0.15, 0.2) is 0 Å². The summed E-state index contributed by atoms with van der Waals surface area (Å²) in [5.74, 6) is -0.732. The Bertz CT molecular complexity index is 225. The van der Waals surface area contributed by atoms with Crippen molar-refractivity contribution >= 4 is 5.97 Å². The molecular formula is C12H24N2O2. The third-order valence-electron chi connectivity index (χ3n) is 3.35. The van der Waals surface area contributed by atoms with Gasteiger partial charge in [0, 0.05) is 18.6 Å². The van der Waals surface area contributed by atoms with E-state index in [1.54, 1.807) is 0 Å². The molecule has 2 N–H and O–H groups in total. The number of nitrogens with one attached hydrogen (secondary N) is 1. The summed E-state index contributed by atoms with van der Waals surface area (Å²) >= 11 is 0. The van der Waals surface area contributed by atoms with Gasteiger partial charge in [-0.1, -0.05) is 13.8 Å². The highest BCUT2D eigenvalue weighted by Crippen LogP contribution is 2.19. The van der Waals surface area contributed by atoms with Crippen LogP contribution < -0.4 is 5.32 Å². The van der Waals surface area contributed by atoms with E-state index in [9.17, 15) is 4.79 Å². The smallest absolute Gasteiger partial charge is 0.322 e. The van der Waals surface area contributed by atoms with E-state index in [0.29, 0.717) is 18.6 Å². The Morgan fingerprint density at radius 3 is 2.38 bits per heavy atom. The van der Waals surface area contributed by atoms with E-state index in [1.807, 2.05) is 7.05 Å². The maximum absolute atomic E-state index is 11.1. The van der Waals surface area contributed by atoms with E-state index in [1.165, 1.54) is 0 Å². The number of nitrogens with zero attached hydrogens (tertiary/aromatic N) is 1. The van der Waals surface area contributed by atoms with Crippen molar-refractivity contribution in [2.75, 3.05) is 13.6 Å². The summed E-state index contributed by atoms with van der Waals surface area (Å²) in [5, 5.41) is 12.3. The fourth-order valence-electron chi connectivity index (χ4n) is 2.09. The Hall–Kier alpha value is -0.610. The quantitative estimate of drug-likeness (QED) is 0.658. The van der Waals surface area contributed by atoms with Crippen molar-refractivity contribution in [1.82, 2.24) is 10.2 Å². The molecule has 0 saturated heterocycles. The second kappa shape index (κ2) is 6.21. The molecule has 0 aromatic heterocycles. The molecule has 0 amide bonds. The predicted molar refractivity (Wildman–Crippen MR) is 64.6 cm³/mol. The van der Waals surface area contributed by atoms with Crippen LogP contribution in [0.2, 0.25) is 0 Å². The number of hydrogen-bond acceptors (Lipinski definition) is 3. The minimum atomic E-state index is -0.732. The summed E-state index contributed by atoms with van der Waals surface area (Å²) in [6.45, 7) is 4.89. The molecule has 0 aliphatic heterocycles. The first-order valence-corrected chi connectivity index (χ1v) is 6.27. The van der Waals surface area contributed by atoms with Crippen molar-refractivity contribution in [2.45, 2.75) is 57.7 Å². The average Bonchev–Trinajstić information content (AvgIpc) is 3.02. The molecule has 4 nitrogen and oxygen atoms in total. The Labute approximate surface area is 98.0 Å². The lowest BCUT2D eigenvalue weighted by atomic mass is 10.1. The van der Waals surface area contributed by atoms with Crippen LogP contribution in [-0.2, 0) is 4.79 Å². The van der Waals surface area contributed by atoms with Crippen molar-refractivity contribution in [1.29, 1.82) is 0 Å². The van der Waals surface area contributed by atoms with Gasteiger partial charge >= 0.3 is 5.97 Å². The number of carbonyl (C=O) groups is 1. The van der Waals surface area contributed by atoms with Gasteiger partial charge in [-0.05, 0) is 32.7 Å². The topological polar surface area (TPSA) is 52.6 Å². The van der Waals surface area contributed by atoms with Crippen LogP contribution in [-0.4, -0.2) is 47.7 Å². The van der Waals surface area contributed by atoms with Gasteiger partial charge < -0.3 is 15.3 Å². The molecule has 4 heteroatoms. The molecule has 1 aliphatic carbocycles. The molecule has 0 aromatic rings. The van der Waals surface area contributed by atoms with Crippen molar-refractivity contribution in [2.24, 2.45) is 0 Å². The van der Waals surface area contributed by atoms with Crippen LogP contribution in [0.3, 0.4) is 0 Å². The fourth-order valence-corrected chi connectivity index (χ4v) is 2.09. The van der Waals surface area contributed by atoms with Crippen molar-refractivity contribution < 1.29 is 9.90 Å². The molecule has 0 spiro atoms. The largest absolute Gasteiger partial charge is 0.480 e. The van der Waals surface area contributed by atoms with E-state index in [-0.39, 0.29) is 0 Å². The number of aliphatic carboxylic acids is 1. The average molecular weight is 228 g/mol. The Balaban J connectivity index is 2.42. The van der Waals surface area contributed by atoms with Gasteiger partial charge in [-0.25, -0.2) is 0 Å². The normalized spacial score (nSPS) is 18.1. The Kier molecular flexibility index (Phi) is 5.22. The summed E-state index contributed by atoms with van der Waals surface area (Å²) in [6, 6.07) is 0.511. The fraction of sp³-hybridized carbons (Fsp3) is 0.917. The van der Waals surface area contributed by atoms with Crippen LogP contribution in [0.5, 0.6) is 0 Å². The van der Waals surface area contributed by atoms with Crippen LogP contribution in [0.1, 0.15) is 39.5 Å². The molecule has 1 atom stereocenters. The SMILES string of the molecule is CCC(CC)N(C)CC(NC1CC1)C(=O)O. The predicted octanol–water partition coefficient (Wildman–Crippen LogP) is 1.31. The summed E-state index contributed by atoms with van der Waals surface area (Å²) in [4.78, 5) is 13.3. The number of carboxylic acid groups (broad SMARTS) is 1. The molecule has 1 unspecified atom stereocenters. The number of rotatable bonds is 8. The molecule has 16 heavy (non-hydrogen) atoms. The molecule has 94 valence electrons. The van der Waals surface area contributed by atoms with E-state index < -0.39 is 12.0 Å². The molecular weight excluding hydrogens is 204 g/mol. The third-order valence-corrected chi connectivity index (χ3v) is 3.35. The molecule has 0 heterocycles. The van der Waals surface area contributed by atoms with Gasteiger partial charge in [-0.3, -0.25) is 4.79 Å². The maximum atomic E-state index is 11.1. The Morgan fingerprint density at radius 2 is 2.00 bits per heavy atom. The van der Waals surface area contributed by atoms with Crippen molar-refractivity contribution in [3.05, 3.63) is 0 Å². The van der Waals surface area contributed by atoms with Crippen molar-refractivity contribution in [3.63, 3.8) is 0 Å². The van der Waals surface area contributed by atoms with E-state index >= 15 is 0 Å². The minimum absolute atomic E-state index is 0.418. The highest BCUT2D eigenvalue weighted by atomic mass is 16.4. The van der Waals surface area contributed by atoms with Crippen LogP contribution in [0.4, 0.5) is 0 Å². The van der Waals surface area contributed by atoms with Gasteiger partial charge in [0.25, 0.3) is 0 Å². The molecule has 0 bridgehead atoms. The van der Waals surface area contributed by atoms with Gasteiger partial charge in [-0.2, -0.15) is 0 Å². The van der Waals surface area contributed by atoms with Crippen LogP contribution in [0.15, 0.2) is 0 Å². The van der Waals surface area contributed by atoms with Gasteiger partial charge in [0.1, 0.15) is 6.04 Å². The van der Waals surface area contributed by atoms with Crippen LogP contribution >= 0.6 is 0 Å². The van der Waals surface area contributed by atoms with Crippen LogP contribution in [0, 0.1) is 0 Å². The summed E-state index contributed by atoms with van der Waals surface area (Å²) in [5.41, 5.74) is 0. The first-order chi connectivity index (χ1) is 7.58. The molecule has 1 aliphatic rings. The van der Waals surface area contributed by atoms with Crippen molar-refractivity contribution in [3.8, 4) is 0 Å². The molecule has 0 radical (unpaired) electrons.